The van der Waals surface area contributed by atoms with Crippen LogP contribution in [0.3, 0.4) is 0 Å². The quantitative estimate of drug-likeness (QED) is 0.322. The molecule has 23 heavy (non-hydrogen) atoms. The summed E-state index contributed by atoms with van der Waals surface area (Å²) in [4.78, 5) is 23.7. The van der Waals surface area contributed by atoms with Crippen LogP contribution in [0.25, 0.3) is 6.08 Å². The van der Waals surface area contributed by atoms with Crippen LogP contribution in [0.1, 0.15) is 5.69 Å². The number of carboxylic acids is 1. The van der Waals surface area contributed by atoms with E-state index in [9.17, 15) is 27.9 Å². The first kappa shape index (κ1) is 18.0. The molecule has 12 heteroatoms. The van der Waals surface area contributed by atoms with Crippen LogP contribution in [0.5, 0.6) is 0 Å². The van der Waals surface area contributed by atoms with Gasteiger partial charge in [0.2, 0.25) is 0 Å². The molecule has 1 fully saturated rings. The van der Waals surface area contributed by atoms with Gasteiger partial charge in [0, 0.05) is 0 Å². The van der Waals surface area contributed by atoms with Gasteiger partial charge < -0.3 is 9.90 Å². The Balaban J connectivity index is 0.00000192. The average Bonchev–Trinajstić information content (AvgIpc) is 2.98. The molecule has 0 unspecified atom stereocenters. The number of thioether (sulfide) groups is 1. The van der Waals surface area contributed by atoms with E-state index in [1.54, 1.807) is 0 Å². The number of β-lactam (4-membered cyclic amide) rings is 1. The summed E-state index contributed by atoms with van der Waals surface area (Å²) in [5, 5.41) is 18.4. The molecule has 0 N–H and O–H groups in total. The van der Waals surface area contributed by atoms with Crippen molar-refractivity contribution in [3.8, 4) is 0 Å². The van der Waals surface area contributed by atoms with Crippen molar-refractivity contribution in [1.82, 2.24) is 19.9 Å². The summed E-state index contributed by atoms with van der Waals surface area (Å²) in [5.74, 6) is -2.01. The zero-order valence-corrected chi connectivity index (χ0v) is 14.4. The molecule has 1 aromatic rings. The molecule has 1 aromatic heterocycles. The fourth-order valence-electron chi connectivity index (χ4n) is 2.06. The van der Waals surface area contributed by atoms with Crippen molar-refractivity contribution in [2.45, 2.75) is 18.1 Å². The Morgan fingerprint density at radius 2 is 2.17 bits per heavy atom. The monoisotopic (exact) mass is 354 g/mol. The number of aromatic nitrogens is 3. The Bertz CT molecular complexity index is 730. The van der Waals surface area contributed by atoms with Crippen LogP contribution in [0, 0.1) is 0 Å². The van der Waals surface area contributed by atoms with Crippen LogP contribution in [0.2, 0.25) is 0 Å². The molecule has 0 radical (unpaired) electrons. The predicted octanol–water partition coefficient (Wildman–Crippen LogP) is -3.27. The van der Waals surface area contributed by atoms with E-state index in [4.69, 9.17) is 0 Å². The van der Waals surface area contributed by atoms with Gasteiger partial charge in [-0.2, -0.15) is 13.2 Å². The van der Waals surface area contributed by atoms with Gasteiger partial charge in [-0.25, -0.2) is 4.68 Å². The van der Waals surface area contributed by atoms with E-state index in [1.165, 1.54) is 11.5 Å². The van der Waals surface area contributed by atoms with Crippen molar-refractivity contribution >= 4 is 29.7 Å². The fraction of sp³-hybridized carbons (Fsp3) is 0.273. The van der Waals surface area contributed by atoms with Gasteiger partial charge in [0.05, 0.1) is 23.4 Å². The van der Waals surface area contributed by atoms with Gasteiger partial charge in [0.15, 0.2) is 0 Å². The maximum Gasteiger partial charge on any atom is 1.00 e. The van der Waals surface area contributed by atoms with Crippen LogP contribution in [0.4, 0.5) is 13.2 Å². The minimum Gasteiger partial charge on any atom is -0.543 e. The number of carboxylic acid groups (broad SMARTS) is 1. The van der Waals surface area contributed by atoms with Crippen LogP contribution < -0.4 is 34.7 Å². The number of alkyl halides is 3. The van der Waals surface area contributed by atoms with Crippen LogP contribution in [-0.4, -0.2) is 43.3 Å². The average molecular weight is 354 g/mol. The van der Waals surface area contributed by atoms with Gasteiger partial charge in [-0.05, 0) is 11.5 Å². The molecule has 0 saturated carbocycles. The summed E-state index contributed by atoms with van der Waals surface area (Å²) in [6.07, 6.45) is -2.07. The summed E-state index contributed by atoms with van der Waals surface area (Å²) < 4.78 is 37.2. The molecular formula is C11H6F3N4NaO3S. The Kier molecular flexibility index (Phi) is 4.95. The largest absolute Gasteiger partial charge is 1.00 e. The molecule has 0 aliphatic carbocycles. The van der Waals surface area contributed by atoms with Gasteiger partial charge in [-0.3, -0.25) is 9.69 Å². The summed E-state index contributed by atoms with van der Waals surface area (Å²) in [5.41, 5.74) is 0.115. The molecule has 0 bridgehead atoms. The molecular weight excluding hydrogens is 348 g/mol. The minimum atomic E-state index is -4.42. The van der Waals surface area contributed by atoms with Crippen LogP contribution in [0.15, 0.2) is 22.9 Å². The Labute approximate surface area is 153 Å². The predicted molar refractivity (Wildman–Crippen MR) is 65.4 cm³/mol. The van der Waals surface area contributed by atoms with E-state index >= 15 is 0 Å². The molecule has 3 rings (SSSR count). The van der Waals surface area contributed by atoms with E-state index < -0.39 is 30.0 Å². The van der Waals surface area contributed by atoms with E-state index in [-0.39, 0.29) is 46.5 Å². The molecule has 2 aliphatic heterocycles. The zero-order valence-electron chi connectivity index (χ0n) is 11.6. The van der Waals surface area contributed by atoms with Gasteiger partial charge in [0.25, 0.3) is 5.91 Å². The van der Waals surface area contributed by atoms with E-state index in [0.717, 1.165) is 22.9 Å². The number of nitrogens with zero attached hydrogens (tertiary/aromatic N) is 4. The third-order valence-corrected chi connectivity index (χ3v) is 4.03. The van der Waals surface area contributed by atoms with Crippen molar-refractivity contribution in [2.75, 3.05) is 0 Å². The summed E-state index contributed by atoms with van der Waals surface area (Å²) in [6.45, 7) is -1.28. The van der Waals surface area contributed by atoms with Gasteiger partial charge >= 0.3 is 35.7 Å². The number of rotatable bonds is 3. The Morgan fingerprint density at radius 1 is 1.48 bits per heavy atom. The number of halogens is 3. The maximum absolute atomic E-state index is 12.2. The van der Waals surface area contributed by atoms with E-state index in [2.05, 4.69) is 10.3 Å². The third kappa shape index (κ3) is 3.47. The standard InChI is InChI=1S/C11H7F3N4O3S.Na/c12-11(13,14)4-17-2-5(15-16-17)1-6-8(19)18-7(10(20)21)3-22-9(6)18;/h1-3,9H,4H2,(H,20,21);/q;+1/p-1/b6-1+;/t9-;/m1./s1. The maximum atomic E-state index is 12.2. The first-order valence-corrected chi connectivity index (χ1v) is 6.79. The first-order chi connectivity index (χ1) is 10.3. The second-order valence-corrected chi connectivity index (χ2v) is 5.46. The number of hydrogen-bond acceptors (Lipinski definition) is 6. The molecule has 2 aliphatic rings. The SMILES string of the molecule is O=C([O-])C1=CS[C@@H]2/C(=C/c3cn(CC(F)(F)F)nn3)C(=O)N12.[Na+]. The number of amides is 1. The van der Waals surface area contributed by atoms with E-state index in [1.807, 2.05) is 0 Å². The molecule has 116 valence electrons. The van der Waals surface area contributed by atoms with Crippen molar-refractivity contribution < 1.29 is 57.4 Å². The summed E-state index contributed by atoms with van der Waals surface area (Å²) >= 11 is 1.10. The number of carbonyl (C=O) groups is 2. The molecule has 1 amide bonds. The second kappa shape index (κ2) is 6.30. The topological polar surface area (TPSA) is 91.1 Å². The van der Waals surface area contributed by atoms with Crippen molar-refractivity contribution in [3.05, 3.63) is 28.6 Å². The van der Waals surface area contributed by atoms with Crippen molar-refractivity contribution in [2.24, 2.45) is 0 Å². The molecule has 7 nitrogen and oxygen atoms in total. The van der Waals surface area contributed by atoms with Crippen LogP contribution >= 0.6 is 11.8 Å². The molecule has 1 saturated heterocycles. The summed E-state index contributed by atoms with van der Waals surface area (Å²) in [6, 6.07) is 0. The van der Waals surface area contributed by atoms with Gasteiger partial charge in [-0.15, -0.1) is 16.9 Å². The fourth-order valence-corrected chi connectivity index (χ4v) is 3.17. The number of aliphatic carboxylic acids is 1. The normalized spacial score (nSPS) is 21.6. The Hall–Kier alpha value is -1.30. The smallest absolute Gasteiger partial charge is 0.543 e. The number of carbonyl (C=O) groups excluding carboxylic acids is 2. The van der Waals surface area contributed by atoms with Crippen LogP contribution in [-0.2, 0) is 16.1 Å². The van der Waals surface area contributed by atoms with E-state index in [0.29, 0.717) is 4.68 Å². The molecule has 0 spiro atoms. The van der Waals surface area contributed by atoms with Gasteiger partial charge in [-0.1, -0.05) is 5.21 Å². The number of hydrogen-bond donors (Lipinski definition) is 0. The molecule has 1 atom stereocenters. The van der Waals surface area contributed by atoms with Gasteiger partial charge in [0.1, 0.15) is 17.6 Å². The Morgan fingerprint density at radius 3 is 2.78 bits per heavy atom. The van der Waals surface area contributed by atoms with Crippen molar-refractivity contribution in [3.63, 3.8) is 0 Å². The zero-order chi connectivity index (χ0) is 16.1. The first-order valence-electron chi connectivity index (χ1n) is 5.85. The number of fused-ring (bicyclic) bond motifs is 1. The van der Waals surface area contributed by atoms with Crippen molar-refractivity contribution in [1.29, 1.82) is 0 Å². The third-order valence-electron chi connectivity index (χ3n) is 2.94. The molecule has 3 heterocycles. The second-order valence-electron chi connectivity index (χ2n) is 4.51. The molecule has 0 aromatic carbocycles. The summed E-state index contributed by atoms with van der Waals surface area (Å²) in [7, 11) is 0. The minimum absolute atomic E-state index is 0.